The van der Waals surface area contributed by atoms with Crippen LogP contribution in [-0.4, -0.2) is 26.7 Å². The Morgan fingerprint density at radius 2 is 2.09 bits per heavy atom. The average molecular weight is 373 g/mol. The summed E-state index contributed by atoms with van der Waals surface area (Å²) in [6.07, 6.45) is 2.16. The number of pyridine rings is 1. The van der Waals surface area contributed by atoms with Crippen LogP contribution < -0.4 is 11.1 Å². The summed E-state index contributed by atoms with van der Waals surface area (Å²) in [5, 5.41) is 9.04. The number of hydrogen-bond donors (Lipinski definition) is 1. The van der Waals surface area contributed by atoms with Crippen molar-refractivity contribution in [3.05, 3.63) is 40.6 Å². The maximum absolute atomic E-state index is 6.16. The van der Waals surface area contributed by atoms with Crippen LogP contribution in [0.4, 0.5) is 5.82 Å². The van der Waals surface area contributed by atoms with Crippen molar-refractivity contribution in [3.8, 4) is 11.6 Å². The molecule has 3 aromatic rings. The van der Waals surface area contributed by atoms with Gasteiger partial charge in [0.05, 0.1) is 0 Å². The zero-order chi connectivity index (χ0) is 16.1. The Balaban J connectivity index is 1.83. The quantitative estimate of drug-likeness (QED) is 0.748. The lowest BCUT2D eigenvalue weighted by atomic mass is 10.0. The van der Waals surface area contributed by atoms with Crippen LogP contribution in [0.3, 0.4) is 0 Å². The molecule has 2 unspecified atom stereocenters. The predicted molar refractivity (Wildman–Crippen MR) is 91.8 cm³/mol. The van der Waals surface area contributed by atoms with Gasteiger partial charge in [0.2, 0.25) is 5.82 Å². The van der Waals surface area contributed by atoms with E-state index in [4.69, 9.17) is 10.2 Å². The van der Waals surface area contributed by atoms with E-state index in [1.807, 2.05) is 24.3 Å². The van der Waals surface area contributed by atoms with Crippen LogP contribution >= 0.6 is 15.9 Å². The first kappa shape index (κ1) is 14.5. The number of fused-ring (bicyclic) bond motifs is 1. The van der Waals surface area contributed by atoms with Crippen LogP contribution in [0.25, 0.3) is 22.8 Å². The van der Waals surface area contributed by atoms with E-state index in [2.05, 4.69) is 51.3 Å². The number of nitrogens with zero attached hydrogens (tertiary/aromatic N) is 4. The molecule has 1 aliphatic rings. The Hall–Kier alpha value is -2.12. The highest BCUT2D eigenvalue weighted by Crippen LogP contribution is 2.29. The van der Waals surface area contributed by atoms with E-state index in [9.17, 15) is 0 Å². The maximum Gasteiger partial charge on any atom is 0.218 e. The largest absolute Gasteiger partial charge is 0.446 e. The third kappa shape index (κ3) is 2.46. The van der Waals surface area contributed by atoms with Gasteiger partial charge in [-0.2, -0.15) is 4.52 Å². The fourth-order valence-corrected chi connectivity index (χ4v) is 3.23. The standard InChI is InChI=1S/C16H15BrN5O/c1-8-5-11(9(2)19-8)10-6-14(18)22-15(7-10)20-16(21-22)12-3-4-13(17)23-12/h3-9H,18H2,1-2H3. The van der Waals surface area contributed by atoms with Gasteiger partial charge < -0.3 is 10.2 Å². The third-order valence-electron chi connectivity index (χ3n) is 3.92. The fourth-order valence-electron chi connectivity index (χ4n) is 2.93. The molecule has 3 aromatic heterocycles. The van der Waals surface area contributed by atoms with Crippen LogP contribution in [0.1, 0.15) is 19.4 Å². The van der Waals surface area contributed by atoms with Gasteiger partial charge in [0.25, 0.3) is 0 Å². The van der Waals surface area contributed by atoms with Crippen LogP contribution in [0.5, 0.6) is 0 Å². The minimum Gasteiger partial charge on any atom is -0.446 e. The van der Waals surface area contributed by atoms with Gasteiger partial charge in [-0.25, -0.2) is 10.3 Å². The summed E-state index contributed by atoms with van der Waals surface area (Å²) in [7, 11) is 0. The summed E-state index contributed by atoms with van der Waals surface area (Å²) in [4.78, 5) is 4.53. The second-order valence-electron chi connectivity index (χ2n) is 5.67. The van der Waals surface area contributed by atoms with Gasteiger partial charge in [-0.15, -0.1) is 5.10 Å². The second-order valence-corrected chi connectivity index (χ2v) is 6.45. The van der Waals surface area contributed by atoms with E-state index in [0.29, 0.717) is 27.7 Å². The topological polar surface area (TPSA) is 83.4 Å². The van der Waals surface area contributed by atoms with Crippen molar-refractivity contribution in [3.63, 3.8) is 0 Å². The van der Waals surface area contributed by atoms with Gasteiger partial charge in [-0.3, -0.25) is 0 Å². The molecule has 0 saturated carbocycles. The average Bonchev–Trinajstić information content (AvgIpc) is 3.17. The zero-order valence-electron chi connectivity index (χ0n) is 12.7. The van der Waals surface area contributed by atoms with E-state index in [1.54, 1.807) is 4.52 Å². The van der Waals surface area contributed by atoms with E-state index in [0.717, 1.165) is 5.56 Å². The fraction of sp³-hybridized carbons (Fsp3) is 0.250. The first-order chi connectivity index (χ1) is 11.0. The normalized spacial score (nSPS) is 21.1. The Morgan fingerprint density at radius 3 is 2.74 bits per heavy atom. The lowest BCUT2D eigenvalue weighted by Gasteiger charge is -2.10. The van der Waals surface area contributed by atoms with Gasteiger partial charge in [-0.05, 0) is 65.2 Å². The molecular weight excluding hydrogens is 358 g/mol. The lowest BCUT2D eigenvalue weighted by molar-refractivity contribution is 0.551. The number of nitrogen functional groups attached to an aromatic ring is 1. The van der Waals surface area contributed by atoms with Gasteiger partial charge in [0.15, 0.2) is 16.1 Å². The Morgan fingerprint density at radius 1 is 1.26 bits per heavy atom. The monoisotopic (exact) mass is 372 g/mol. The van der Waals surface area contributed by atoms with Crippen molar-refractivity contribution in [1.82, 2.24) is 19.9 Å². The molecule has 6 nitrogen and oxygen atoms in total. The minimum absolute atomic E-state index is 0.162. The lowest BCUT2D eigenvalue weighted by Crippen LogP contribution is -2.18. The molecule has 4 heterocycles. The van der Waals surface area contributed by atoms with Crippen molar-refractivity contribution in [2.24, 2.45) is 0 Å². The number of furan rings is 1. The highest BCUT2D eigenvalue weighted by molar-refractivity contribution is 9.10. The molecule has 0 aromatic carbocycles. The molecule has 4 rings (SSSR count). The Bertz CT molecular complexity index is 926. The van der Waals surface area contributed by atoms with Crippen LogP contribution in [0.15, 0.2) is 39.4 Å². The van der Waals surface area contributed by atoms with E-state index >= 15 is 0 Å². The summed E-state index contributed by atoms with van der Waals surface area (Å²) in [6.45, 7) is 4.17. The predicted octanol–water partition coefficient (Wildman–Crippen LogP) is 3.11. The maximum atomic E-state index is 6.16. The molecule has 1 radical (unpaired) electrons. The van der Waals surface area contributed by atoms with Crippen molar-refractivity contribution < 1.29 is 4.42 Å². The molecule has 2 N–H and O–H groups in total. The first-order valence-electron chi connectivity index (χ1n) is 7.35. The highest BCUT2D eigenvalue weighted by atomic mass is 79.9. The van der Waals surface area contributed by atoms with Crippen LogP contribution in [-0.2, 0) is 0 Å². The summed E-state index contributed by atoms with van der Waals surface area (Å²) in [6, 6.07) is 7.92. The molecule has 2 atom stereocenters. The van der Waals surface area contributed by atoms with Crippen LogP contribution in [0, 0.1) is 0 Å². The summed E-state index contributed by atoms with van der Waals surface area (Å²) in [5.41, 5.74) is 9.07. The Kier molecular flexibility index (Phi) is 3.28. The van der Waals surface area contributed by atoms with Gasteiger partial charge in [0, 0.05) is 12.1 Å². The molecule has 23 heavy (non-hydrogen) atoms. The molecule has 0 bridgehead atoms. The smallest absolute Gasteiger partial charge is 0.218 e. The molecule has 0 spiro atoms. The Labute approximate surface area is 141 Å². The van der Waals surface area contributed by atoms with E-state index < -0.39 is 0 Å². The SMILES string of the molecule is CC1C=C(c2cc(N)n3nc(-c4ccc(Br)o4)nc3c2)C(C)[N]1. The zero-order valence-corrected chi connectivity index (χ0v) is 14.3. The van der Waals surface area contributed by atoms with Crippen LogP contribution in [0.2, 0.25) is 0 Å². The third-order valence-corrected chi connectivity index (χ3v) is 4.35. The highest BCUT2D eigenvalue weighted by Gasteiger charge is 2.23. The molecule has 117 valence electrons. The number of hydrogen-bond acceptors (Lipinski definition) is 4. The van der Waals surface area contributed by atoms with Gasteiger partial charge in [-0.1, -0.05) is 6.08 Å². The van der Waals surface area contributed by atoms with Crippen molar-refractivity contribution >= 4 is 33.0 Å². The molecule has 7 heteroatoms. The molecule has 0 amide bonds. The minimum atomic E-state index is 0.162. The number of anilines is 1. The number of nitrogens with two attached hydrogens (primary N) is 1. The number of aromatic nitrogens is 3. The molecule has 1 aliphatic heterocycles. The van der Waals surface area contributed by atoms with Gasteiger partial charge in [0.1, 0.15) is 5.82 Å². The summed E-state index contributed by atoms with van der Waals surface area (Å²) >= 11 is 3.28. The van der Waals surface area contributed by atoms with E-state index in [-0.39, 0.29) is 12.1 Å². The van der Waals surface area contributed by atoms with Gasteiger partial charge >= 0.3 is 0 Å². The second kappa shape index (κ2) is 5.21. The first-order valence-corrected chi connectivity index (χ1v) is 8.14. The van der Waals surface area contributed by atoms with E-state index in [1.165, 1.54) is 5.57 Å². The molecular formula is C16H15BrN5O. The molecule has 0 fully saturated rings. The number of rotatable bonds is 2. The van der Waals surface area contributed by atoms with Crippen molar-refractivity contribution in [2.45, 2.75) is 25.9 Å². The summed E-state index contributed by atoms with van der Waals surface area (Å²) in [5.74, 6) is 1.64. The molecule has 0 saturated heterocycles. The van der Waals surface area contributed by atoms with Crippen molar-refractivity contribution in [2.75, 3.05) is 5.73 Å². The van der Waals surface area contributed by atoms with Crippen molar-refractivity contribution in [1.29, 1.82) is 0 Å². The number of halogens is 1. The molecule has 0 aliphatic carbocycles. The summed E-state index contributed by atoms with van der Waals surface area (Å²) < 4.78 is 7.77.